The number of nitrogens with zero attached hydrogens (tertiary/aromatic N) is 2. The van der Waals surface area contributed by atoms with Crippen molar-refractivity contribution in [3.8, 4) is 0 Å². The number of thioether (sulfide) groups is 1. The zero-order valence-electron chi connectivity index (χ0n) is 8.18. The zero-order chi connectivity index (χ0) is 10.6. The fraction of sp³-hybridized carbons (Fsp3) is 0.556. The first kappa shape index (κ1) is 12.1. The summed E-state index contributed by atoms with van der Waals surface area (Å²) in [6, 6.07) is 0. The Morgan fingerprint density at radius 1 is 1.21 bits per heavy atom. The van der Waals surface area contributed by atoms with E-state index in [0.717, 1.165) is 24.2 Å². The highest BCUT2D eigenvalue weighted by Crippen LogP contribution is 2.23. The summed E-state index contributed by atoms with van der Waals surface area (Å²) in [6.45, 7) is 2.07. The third-order valence-electron chi connectivity index (χ3n) is 1.73. The summed E-state index contributed by atoms with van der Waals surface area (Å²) < 4.78 is 0. The van der Waals surface area contributed by atoms with Gasteiger partial charge in [-0.15, -0.1) is 0 Å². The predicted octanol–water partition coefficient (Wildman–Crippen LogP) is 3.60. The van der Waals surface area contributed by atoms with Gasteiger partial charge in [0.25, 0.3) is 0 Å². The van der Waals surface area contributed by atoms with Crippen LogP contribution in [0.3, 0.4) is 0 Å². The molecule has 0 unspecified atom stereocenters. The summed E-state index contributed by atoms with van der Waals surface area (Å²) in [5, 5.41) is 0.992. The van der Waals surface area contributed by atoms with E-state index in [1.54, 1.807) is 11.8 Å². The van der Waals surface area contributed by atoms with E-state index in [1.807, 2.05) is 6.26 Å². The van der Waals surface area contributed by atoms with Crippen molar-refractivity contribution >= 4 is 35.0 Å². The number of rotatable bonds is 4. The molecule has 0 saturated carbocycles. The Morgan fingerprint density at radius 3 is 2.21 bits per heavy atom. The van der Waals surface area contributed by atoms with Crippen molar-refractivity contribution in [2.75, 3.05) is 6.26 Å². The Bertz CT molecular complexity index is 295. The molecular formula is C9H12Cl2N2S. The second-order valence-electron chi connectivity index (χ2n) is 2.88. The average molecular weight is 251 g/mol. The van der Waals surface area contributed by atoms with Crippen LogP contribution in [0.15, 0.2) is 0 Å². The molecule has 0 aliphatic heterocycles. The van der Waals surface area contributed by atoms with Gasteiger partial charge in [0, 0.05) is 5.56 Å². The first-order chi connectivity index (χ1) is 6.69. The fourth-order valence-electron chi connectivity index (χ4n) is 1.12. The monoisotopic (exact) mass is 250 g/mol. The Labute approximate surface area is 98.4 Å². The van der Waals surface area contributed by atoms with Crippen molar-refractivity contribution in [3.05, 3.63) is 21.7 Å². The molecule has 78 valence electrons. The molecular weight excluding hydrogens is 239 g/mol. The van der Waals surface area contributed by atoms with Gasteiger partial charge in [-0.2, -0.15) is 11.8 Å². The highest BCUT2D eigenvalue weighted by molar-refractivity contribution is 7.97. The second kappa shape index (κ2) is 5.79. The average Bonchev–Trinajstić information content (AvgIpc) is 2.12. The molecule has 0 aromatic carbocycles. The molecule has 0 aliphatic carbocycles. The molecule has 14 heavy (non-hydrogen) atoms. The molecule has 1 rings (SSSR count). The van der Waals surface area contributed by atoms with Gasteiger partial charge in [-0.1, -0.05) is 36.5 Å². The number of aromatic nitrogens is 2. The summed E-state index contributed by atoms with van der Waals surface area (Å²) in [5.74, 6) is 1.44. The Balaban J connectivity index is 2.98. The minimum atomic E-state index is 0.496. The van der Waals surface area contributed by atoms with Gasteiger partial charge in [0.2, 0.25) is 0 Å². The lowest BCUT2D eigenvalue weighted by Crippen LogP contribution is -1.99. The standard InChI is InChI=1S/C9H12Cl2N2S/c1-3-4-6-8(10)12-7(5-14-2)13-9(6)11/h3-5H2,1-2H3. The van der Waals surface area contributed by atoms with Crippen LogP contribution in [0.4, 0.5) is 0 Å². The summed E-state index contributed by atoms with van der Waals surface area (Å²) in [4.78, 5) is 8.38. The van der Waals surface area contributed by atoms with Crippen molar-refractivity contribution in [2.24, 2.45) is 0 Å². The third-order valence-corrected chi connectivity index (χ3v) is 2.90. The van der Waals surface area contributed by atoms with Crippen LogP contribution < -0.4 is 0 Å². The zero-order valence-corrected chi connectivity index (χ0v) is 10.5. The largest absolute Gasteiger partial charge is 0.220 e. The minimum absolute atomic E-state index is 0.496. The SMILES string of the molecule is CCCc1c(Cl)nc(CSC)nc1Cl. The van der Waals surface area contributed by atoms with Crippen molar-refractivity contribution in [1.82, 2.24) is 9.97 Å². The van der Waals surface area contributed by atoms with E-state index < -0.39 is 0 Å². The fourth-order valence-corrected chi connectivity index (χ4v) is 2.12. The third kappa shape index (κ3) is 3.01. The van der Waals surface area contributed by atoms with E-state index >= 15 is 0 Å². The van der Waals surface area contributed by atoms with E-state index in [1.165, 1.54) is 0 Å². The summed E-state index contributed by atoms with van der Waals surface area (Å²) in [7, 11) is 0. The molecule has 0 N–H and O–H groups in total. The van der Waals surface area contributed by atoms with Gasteiger partial charge in [-0.3, -0.25) is 0 Å². The van der Waals surface area contributed by atoms with Crippen molar-refractivity contribution in [1.29, 1.82) is 0 Å². The molecule has 0 bridgehead atoms. The molecule has 2 nitrogen and oxygen atoms in total. The number of halogens is 2. The minimum Gasteiger partial charge on any atom is -0.220 e. The van der Waals surface area contributed by atoms with Crippen molar-refractivity contribution < 1.29 is 0 Å². The Kier molecular flexibility index (Phi) is 4.99. The van der Waals surface area contributed by atoms with E-state index in [-0.39, 0.29) is 0 Å². The molecule has 0 atom stereocenters. The van der Waals surface area contributed by atoms with Crippen LogP contribution in [0, 0.1) is 0 Å². The van der Waals surface area contributed by atoms with Crippen LogP contribution >= 0.6 is 35.0 Å². The Morgan fingerprint density at radius 2 is 1.79 bits per heavy atom. The predicted molar refractivity (Wildman–Crippen MR) is 63.3 cm³/mol. The van der Waals surface area contributed by atoms with E-state index in [2.05, 4.69) is 16.9 Å². The van der Waals surface area contributed by atoms with Crippen LogP contribution in [-0.4, -0.2) is 16.2 Å². The summed E-state index contributed by atoms with van der Waals surface area (Å²) in [5.41, 5.74) is 0.862. The van der Waals surface area contributed by atoms with Crippen LogP contribution in [0.25, 0.3) is 0 Å². The van der Waals surface area contributed by atoms with Gasteiger partial charge < -0.3 is 0 Å². The second-order valence-corrected chi connectivity index (χ2v) is 4.47. The highest BCUT2D eigenvalue weighted by Gasteiger charge is 2.10. The van der Waals surface area contributed by atoms with Crippen LogP contribution in [-0.2, 0) is 12.2 Å². The normalized spacial score (nSPS) is 10.6. The van der Waals surface area contributed by atoms with Gasteiger partial charge in [-0.25, -0.2) is 9.97 Å². The molecule has 0 amide bonds. The van der Waals surface area contributed by atoms with Gasteiger partial charge in [0.15, 0.2) is 0 Å². The molecule has 0 saturated heterocycles. The molecule has 1 aromatic rings. The van der Waals surface area contributed by atoms with Crippen molar-refractivity contribution in [3.63, 3.8) is 0 Å². The molecule has 1 aromatic heterocycles. The maximum absolute atomic E-state index is 6.00. The molecule has 0 aliphatic rings. The number of hydrogen-bond donors (Lipinski definition) is 0. The van der Waals surface area contributed by atoms with Crippen LogP contribution in [0.5, 0.6) is 0 Å². The Hall–Kier alpha value is 0.01000. The molecule has 0 radical (unpaired) electrons. The van der Waals surface area contributed by atoms with Gasteiger partial charge >= 0.3 is 0 Å². The topological polar surface area (TPSA) is 25.8 Å². The first-order valence-electron chi connectivity index (χ1n) is 4.38. The molecule has 0 fully saturated rings. The summed E-state index contributed by atoms with van der Waals surface area (Å²) in [6.07, 6.45) is 3.81. The highest BCUT2D eigenvalue weighted by atomic mass is 35.5. The maximum Gasteiger partial charge on any atom is 0.141 e. The lowest BCUT2D eigenvalue weighted by Gasteiger charge is -2.06. The van der Waals surface area contributed by atoms with Crippen LogP contribution in [0.2, 0.25) is 10.3 Å². The lowest BCUT2D eigenvalue weighted by atomic mass is 10.2. The maximum atomic E-state index is 6.00. The molecule has 5 heteroatoms. The van der Waals surface area contributed by atoms with E-state index in [4.69, 9.17) is 23.2 Å². The van der Waals surface area contributed by atoms with Gasteiger partial charge in [0.05, 0.1) is 5.75 Å². The van der Waals surface area contributed by atoms with E-state index in [9.17, 15) is 0 Å². The smallest absolute Gasteiger partial charge is 0.141 e. The molecule has 1 heterocycles. The van der Waals surface area contributed by atoms with Crippen molar-refractivity contribution in [2.45, 2.75) is 25.5 Å². The van der Waals surface area contributed by atoms with Crippen LogP contribution in [0.1, 0.15) is 24.7 Å². The first-order valence-corrected chi connectivity index (χ1v) is 6.53. The lowest BCUT2D eigenvalue weighted by molar-refractivity contribution is 0.888. The van der Waals surface area contributed by atoms with Gasteiger partial charge in [0.1, 0.15) is 16.1 Å². The van der Waals surface area contributed by atoms with E-state index in [0.29, 0.717) is 16.1 Å². The summed E-state index contributed by atoms with van der Waals surface area (Å²) >= 11 is 13.7. The number of hydrogen-bond acceptors (Lipinski definition) is 3. The quantitative estimate of drug-likeness (QED) is 0.764. The van der Waals surface area contributed by atoms with Gasteiger partial charge in [-0.05, 0) is 12.7 Å². The molecule has 0 spiro atoms.